The molecule has 6 heteroatoms. The molecule has 3 aromatic rings. The van der Waals surface area contributed by atoms with Gasteiger partial charge in [-0.15, -0.1) is 0 Å². The molecule has 0 fully saturated rings. The van der Waals surface area contributed by atoms with Gasteiger partial charge < -0.3 is 20.1 Å². The van der Waals surface area contributed by atoms with Gasteiger partial charge in [-0.2, -0.15) is 0 Å². The van der Waals surface area contributed by atoms with Crippen LogP contribution < -0.4 is 20.1 Å². The predicted molar refractivity (Wildman–Crippen MR) is 129 cm³/mol. The van der Waals surface area contributed by atoms with Crippen molar-refractivity contribution in [2.45, 2.75) is 6.04 Å². The monoisotopic (exact) mass is 480 g/mol. The molecule has 1 atom stereocenters. The van der Waals surface area contributed by atoms with Gasteiger partial charge in [0.1, 0.15) is 11.5 Å². The zero-order valence-electron chi connectivity index (χ0n) is 16.6. The van der Waals surface area contributed by atoms with Gasteiger partial charge in [0.2, 0.25) is 0 Å². The second kappa shape index (κ2) is 8.90. The minimum atomic E-state index is -0.149. The lowest BCUT2D eigenvalue weighted by Crippen LogP contribution is -2.42. The molecule has 152 valence electrons. The van der Waals surface area contributed by atoms with E-state index in [9.17, 15) is 0 Å². The highest BCUT2D eigenvalue weighted by atomic mass is 79.9. The van der Waals surface area contributed by atoms with E-state index in [-0.39, 0.29) is 6.04 Å². The number of thiocarbonyl (C=S) groups is 1. The van der Waals surface area contributed by atoms with Gasteiger partial charge in [-0.05, 0) is 48.1 Å². The van der Waals surface area contributed by atoms with E-state index in [0.29, 0.717) is 5.11 Å². The normalized spacial score (nSPS) is 16.0. The Morgan fingerprint density at radius 3 is 2.40 bits per heavy atom. The first-order valence-corrected chi connectivity index (χ1v) is 10.7. The minimum Gasteiger partial charge on any atom is -0.497 e. The van der Waals surface area contributed by atoms with E-state index in [4.69, 9.17) is 21.7 Å². The molecule has 2 N–H and O–H groups in total. The van der Waals surface area contributed by atoms with E-state index >= 15 is 0 Å². The van der Waals surface area contributed by atoms with Crippen molar-refractivity contribution < 1.29 is 9.47 Å². The summed E-state index contributed by atoms with van der Waals surface area (Å²) in [5.74, 6) is 1.58. The van der Waals surface area contributed by atoms with Gasteiger partial charge in [0.15, 0.2) is 5.11 Å². The molecule has 0 saturated heterocycles. The third kappa shape index (κ3) is 4.06. The van der Waals surface area contributed by atoms with Crippen LogP contribution in [0.3, 0.4) is 0 Å². The average Bonchev–Trinajstić information content (AvgIpc) is 2.79. The molecule has 0 aliphatic carbocycles. The van der Waals surface area contributed by atoms with E-state index in [1.807, 2.05) is 54.6 Å². The topological polar surface area (TPSA) is 42.5 Å². The number of benzene rings is 3. The molecule has 0 saturated carbocycles. The number of para-hydroxylation sites is 1. The second-order valence-corrected chi connectivity index (χ2v) is 8.13. The Morgan fingerprint density at radius 1 is 0.900 bits per heavy atom. The summed E-state index contributed by atoms with van der Waals surface area (Å²) in [5.41, 5.74) is 5.06. The Bertz CT molecular complexity index is 1110. The van der Waals surface area contributed by atoms with Crippen LogP contribution in [0.5, 0.6) is 11.5 Å². The van der Waals surface area contributed by atoms with Gasteiger partial charge in [-0.3, -0.25) is 0 Å². The molecular weight excluding hydrogens is 460 g/mol. The zero-order chi connectivity index (χ0) is 21.1. The third-order valence-electron chi connectivity index (χ3n) is 5.03. The number of methoxy groups -OCH3 is 2. The fourth-order valence-electron chi connectivity index (χ4n) is 3.63. The van der Waals surface area contributed by atoms with Gasteiger partial charge >= 0.3 is 0 Å². The molecule has 0 amide bonds. The summed E-state index contributed by atoms with van der Waals surface area (Å²) in [6, 6.07) is 24.1. The smallest absolute Gasteiger partial charge is 0.171 e. The molecule has 0 aromatic heterocycles. The van der Waals surface area contributed by atoms with E-state index in [2.05, 4.69) is 44.8 Å². The van der Waals surface area contributed by atoms with Gasteiger partial charge in [0, 0.05) is 21.2 Å². The number of halogens is 1. The quantitative estimate of drug-likeness (QED) is 0.468. The van der Waals surface area contributed by atoms with Crippen LogP contribution in [0.15, 0.2) is 77.3 Å². The molecule has 30 heavy (non-hydrogen) atoms. The molecule has 3 aromatic carbocycles. The van der Waals surface area contributed by atoms with Gasteiger partial charge in [0.05, 0.1) is 26.0 Å². The van der Waals surface area contributed by atoms with Crippen LogP contribution in [0.2, 0.25) is 0 Å². The molecule has 1 aliphatic heterocycles. The summed E-state index contributed by atoms with van der Waals surface area (Å²) in [6.45, 7) is 0. The number of nitrogens with one attached hydrogen (secondary N) is 2. The number of hydrogen-bond donors (Lipinski definition) is 2. The van der Waals surface area contributed by atoms with Crippen LogP contribution >= 0.6 is 28.1 Å². The maximum Gasteiger partial charge on any atom is 0.171 e. The molecule has 1 unspecified atom stereocenters. The summed E-state index contributed by atoms with van der Waals surface area (Å²) < 4.78 is 12.2. The Kier molecular flexibility index (Phi) is 6.06. The molecule has 0 bridgehead atoms. The van der Waals surface area contributed by atoms with Gasteiger partial charge in [-0.25, -0.2) is 0 Å². The highest BCUT2D eigenvalue weighted by Crippen LogP contribution is 2.41. The minimum absolute atomic E-state index is 0.149. The van der Waals surface area contributed by atoms with Crippen LogP contribution in [0, 0.1) is 0 Å². The summed E-state index contributed by atoms with van der Waals surface area (Å²) in [7, 11) is 3.35. The zero-order valence-corrected chi connectivity index (χ0v) is 19.0. The van der Waals surface area contributed by atoms with E-state index < -0.39 is 0 Å². The third-order valence-corrected chi connectivity index (χ3v) is 5.78. The second-order valence-electron chi connectivity index (χ2n) is 6.80. The molecule has 0 radical (unpaired) electrons. The Hall–Kier alpha value is -2.83. The van der Waals surface area contributed by atoms with Crippen molar-refractivity contribution in [3.63, 3.8) is 0 Å². The number of ether oxygens (including phenoxy) is 2. The molecular formula is C24H21BrN2O2S. The lowest BCUT2D eigenvalue weighted by atomic mass is 9.87. The van der Waals surface area contributed by atoms with E-state index in [0.717, 1.165) is 43.9 Å². The Balaban J connectivity index is 1.99. The predicted octanol–water partition coefficient (Wildman–Crippen LogP) is 5.55. The fraction of sp³-hybridized carbons (Fsp3) is 0.125. The van der Waals surface area contributed by atoms with Crippen LogP contribution in [-0.2, 0) is 0 Å². The largest absolute Gasteiger partial charge is 0.497 e. The van der Waals surface area contributed by atoms with E-state index in [1.54, 1.807) is 14.2 Å². The van der Waals surface area contributed by atoms with Crippen LogP contribution in [0.25, 0.3) is 11.3 Å². The summed E-state index contributed by atoms with van der Waals surface area (Å²) in [4.78, 5) is 0. The standard InChI is InChI=1S/C24H21BrN2O2S/c1-28-18-7-5-6-16(14-18)23-21(19-8-3-4-9-20(19)29-2)22(26-24(30)27-23)15-10-12-17(25)13-11-15/h3-14,22H,1-2H3,(H2,26,27,30). The van der Waals surface area contributed by atoms with Gasteiger partial charge in [0.25, 0.3) is 0 Å². The van der Waals surface area contributed by atoms with Gasteiger partial charge in [-0.1, -0.05) is 58.4 Å². The van der Waals surface area contributed by atoms with Crippen LogP contribution in [0.4, 0.5) is 0 Å². The summed E-state index contributed by atoms with van der Waals surface area (Å²) in [5, 5.41) is 7.38. The summed E-state index contributed by atoms with van der Waals surface area (Å²) >= 11 is 9.11. The van der Waals surface area contributed by atoms with Crippen LogP contribution in [-0.4, -0.2) is 19.3 Å². The first-order chi connectivity index (χ1) is 14.6. The van der Waals surface area contributed by atoms with Crippen molar-refractivity contribution >= 4 is 44.5 Å². The van der Waals surface area contributed by atoms with Crippen molar-refractivity contribution in [3.05, 3.63) is 94.0 Å². The lowest BCUT2D eigenvalue weighted by molar-refractivity contribution is 0.413. The number of hydrogen-bond acceptors (Lipinski definition) is 3. The highest BCUT2D eigenvalue weighted by Gasteiger charge is 2.30. The maximum atomic E-state index is 5.70. The fourth-order valence-corrected chi connectivity index (χ4v) is 4.12. The summed E-state index contributed by atoms with van der Waals surface area (Å²) in [6.07, 6.45) is 0. The molecule has 1 aliphatic rings. The molecule has 4 nitrogen and oxygen atoms in total. The lowest BCUT2D eigenvalue weighted by Gasteiger charge is -2.33. The molecule has 0 spiro atoms. The van der Waals surface area contributed by atoms with Crippen molar-refractivity contribution in [1.29, 1.82) is 0 Å². The van der Waals surface area contributed by atoms with E-state index in [1.165, 1.54) is 0 Å². The Labute approximate surface area is 190 Å². The number of rotatable bonds is 5. The van der Waals surface area contributed by atoms with Crippen LogP contribution in [0.1, 0.15) is 22.7 Å². The maximum absolute atomic E-state index is 5.70. The van der Waals surface area contributed by atoms with Crippen molar-refractivity contribution in [3.8, 4) is 11.5 Å². The first kappa shape index (κ1) is 20.4. The first-order valence-electron chi connectivity index (χ1n) is 9.45. The Morgan fingerprint density at radius 2 is 1.67 bits per heavy atom. The van der Waals surface area contributed by atoms with Crippen molar-refractivity contribution in [1.82, 2.24) is 10.6 Å². The SMILES string of the molecule is COc1cccc(C2=C(c3ccccc3OC)C(c3ccc(Br)cc3)NC(=S)N2)c1. The molecule has 4 rings (SSSR count). The average molecular weight is 481 g/mol. The molecule has 1 heterocycles. The van der Waals surface area contributed by atoms with Crippen molar-refractivity contribution in [2.24, 2.45) is 0 Å². The highest BCUT2D eigenvalue weighted by molar-refractivity contribution is 9.10. The van der Waals surface area contributed by atoms with Crippen molar-refractivity contribution in [2.75, 3.05) is 14.2 Å².